The molecular weight excluding hydrogens is 390 g/mol. The zero-order valence-corrected chi connectivity index (χ0v) is 16.3. The number of amides is 2. The second-order valence-corrected chi connectivity index (χ2v) is 8.67. The molecule has 0 fully saturated rings. The summed E-state index contributed by atoms with van der Waals surface area (Å²) in [7, 11) is -3.39. The highest BCUT2D eigenvalue weighted by atomic mass is 35.5. The van der Waals surface area contributed by atoms with Gasteiger partial charge in [0.25, 0.3) is 11.8 Å². The van der Waals surface area contributed by atoms with Crippen LogP contribution in [0.3, 0.4) is 0 Å². The Morgan fingerprint density at radius 1 is 1.07 bits per heavy atom. The minimum absolute atomic E-state index is 0.212. The van der Waals surface area contributed by atoms with Gasteiger partial charge in [0.05, 0.1) is 11.9 Å². The fourth-order valence-electron chi connectivity index (χ4n) is 3.14. The van der Waals surface area contributed by atoms with Gasteiger partial charge in [0.1, 0.15) is 0 Å². The maximum Gasteiger partial charge on any atom is 0.269 e. The lowest BCUT2D eigenvalue weighted by Gasteiger charge is -2.21. The normalized spacial score (nSPS) is 16.0. The smallest absolute Gasteiger partial charge is 0.267 e. The molecule has 0 unspecified atom stereocenters. The van der Waals surface area contributed by atoms with E-state index in [0.29, 0.717) is 28.3 Å². The lowest BCUT2D eigenvalue weighted by Crippen LogP contribution is -2.41. The van der Waals surface area contributed by atoms with Crippen LogP contribution >= 0.6 is 11.6 Å². The number of carbonyl (C=O) groups is 2. The van der Waals surface area contributed by atoms with Crippen LogP contribution in [0.1, 0.15) is 33.2 Å². The van der Waals surface area contributed by atoms with Crippen LogP contribution in [0.25, 0.3) is 0 Å². The summed E-state index contributed by atoms with van der Waals surface area (Å²) in [6, 6.07) is 10.9. The first-order valence-electron chi connectivity index (χ1n) is 8.15. The van der Waals surface area contributed by atoms with Gasteiger partial charge < -0.3 is 0 Å². The van der Waals surface area contributed by atoms with Crippen molar-refractivity contribution in [1.82, 2.24) is 10.9 Å². The van der Waals surface area contributed by atoms with E-state index in [-0.39, 0.29) is 6.04 Å². The van der Waals surface area contributed by atoms with Crippen LogP contribution in [0.15, 0.2) is 42.5 Å². The van der Waals surface area contributed by atoms with Gasteiger partial charge in [0.2, 0.25) is 10.0 Å². The van der Waals surface area contributed by atoms with E-state index in [9.17, 15) is 18.0 Å². The van der Waals surface area contributed by atoms with Crippen molar-refractivity contribution >= 4 is 39.1 Å². The summed E-state index contributed by atoms with van der Waals surface area (Å²) in [4.78, 5) is 24.4. The largest absolute Gasteiger partial charge is 0.269 e. The van der Waals surface area contributed by atoms with Crippen LogP contribution in [0, 0.1) is 0 Å². The van der Waals surface area contributed by atoms with E-state index >= 15 is 0 Å². The molecule has 7 nitrogen and oxygen atoms in total. The van der Waals surface area contributed by atoms with Gasteiger partial charge in [0.15, 0.2) is 0 Å². The number of fused-ring (bicyclic) bond motifs is 1. The third kappa shape index (κ3) is 4.06. The first-order valence-corrected chi connectivity index (χ1v) is 10.4. The Morgan fingerprint density at radius 2 is 1.70 bits per heavy atom. The summed E-state index contributed by atoms with van der Waals surface area (Å²) in [6.45, 7) is 1.81. The van der Waals surface area contributed by atoms with Gasteiger partial charge in [-0.3, -0.25) is 24.7 Å². The Bertz CT molecular complexity index is 1020. The quantitative estimate of drug-likeness (QED) is 0.762. The van der Waals surface area contributed by atoms with Crippen LogP contribution < -0.4 is 15.2 Å². The monoisotopic (exact) mass is 407 g/mol. The third-order valence-electron chi connectivity index (χ3n) is 4.23. The molecule has 1 atom stereocenters. The van der Waals surface area contributed by atoms with Gasteiger partial charge in [-0.2, -0.15) is 0 Å². The van der Waals surface area contributed by atoms with Gasteiger partial charge in [-0.1, -0.05) is 17.7 Å². The Morgan fingerprint density at radius 3 is 2.30 bits per heavy atom. The lowest BCUT2D eigenvalue weighted by molar-refractivity contribution is 0.0846. The molecule has 0 saturated heterocycles. The second-order valence-electron chi connectivity index (χ2n) is 6.37. The molecule has 2 N–H and O–H groups in total. The van der Waals surface area contributed by atoms with Crippen LogP contribution in [0.4, 0.5) is 5.69 Å². The van der Waals surface area contributed by atoms with Crippen molar-refractivity contribution in [3.8, 4) is 0 Å². The standard InChI is InChI=1S/C18H18ClN3O4S/c1-11-8-14-9-13(6-7-16(14)22(11)27(2,25)26)18(24)21-20-17(23)12-4-3-5-15(19)10-12/h3-7,9-11H,8H2,1-2H3,(H,20,23)(H,21,24)/t11-/m1/s1. The van der Waals surface area contributed by atoms with Crippen molar-refractivity contribution in [2.24, 2.45) is 0 Å². The number of carbonyl (C=O) groups excluding carboxylic acids is 2. The molecule has 2 amide bonds. The zero-order valence-electron chi connectivity index (χ0n) is 14.7. The van der Waals surface area contributed by atoms with E-state index in [1.807, 2.05) is 6.92 Å². The van der Waals surface area contributed by atoms with Crippen molar-refractivity contribution in [1.29, 1.82) is 0 Å². The summed E-state index contributed by atoms with van der Waals surface area (Å²) in [5.41, 5.74) is 6.65. The highest BCUT2D eigenvalue weighted by Gasteiger charge is 2.32. The molecule has 27 heavy (non-hydrogen) atoms. The topological polar surface area (TPSA) is 95.6 Å². The number of nitrogens with one attached hydrogen (secondary N) is 2. The first-order chi connectivity index (χ1) is 12.7. The van der Waals surface area contributed by atoms with Crippen molar-refractivity contribution in [3.05, 3.63) is 64.2 Å². The number of hydrogen-bond acceptors (Lipinski definition) is 4. The van der Waals surface area contributed by atoms with Crippen molar-refractivity contribution in [2.45, 2.75) is 19.4 Å². The van der Waals surface area contributed by atoms with Crippen LogP contribution in [-0.4, -0.2) is 32.5 Å². The molecule has 1 heterocycles. The van der Waals surface area contributed by atoms with Gasteiger partial charge in [-0.15, -0.1) is 0 Å². The number of halogens is 1. The number of benzene rings is 2. The number of anilines is 1. The van der Waals surface area contributed by atoms with E-state index in [1.54, 1.807) is 30.3 Å². The highest BCUT2D eigenvalue weighted by molar-refractivity contribution is 7.92. The third-order valence-corrected chi connectivity index (χ3v) is 5.73. The molecule has 0 bridgehead atoms. The molecule has 0 spiro atoms. The summed E-state index contributed by atoms with van der Waals surface area (Å²) in [6.07, 6.45) is 1.67. The number of hydrazine groups is 1. The van der Waals surface area contributed by atoms with E-state index in [2.05, 4.69) is 10.9 Å². The molecular formula is C18H18ClN3O4S. The number of rotatable bonds is 3. The molecule has 0 aliphatic carbocycles. The molecule has 142 valence electrons. The minimum Gasteiger partial charge on any atom is -0.267 e. The maximum absolute atomic E-state index is 12.3. The Balaban J connectivity index is 1.72. The van der Waals surface area contributed by atoms with Crippen LogP contribution in [-0.2, 0) is 16.4 Å². The summed E-state index contributed by atoms with van der Waals surface area (Å²) >= 11 is 5.84. The molecule has 3 rings (SSSR count). The van der Waals surface area contributed by atoms with Gasteiger partial charge in [0, 0.05) is 22.2 Å². The molecule has 1 aliphatic heterocycles. The Hall–Kier alpha value is -2.58. The zero-order chi connectivity index (χ0) is 19.8. The van der Waals surface area contributed by atoms with Crippen LogP contribution in [0.2, 0.25) is 5.02 Å². The van der Waals surface area contributed by atoms with Gasteiger partial charge in [-0.25, -0.2) is 8.42 Å². The molecule has 1 aliphatic rings. The molecule has 0 saturated carbocycles. The number of sulfonamides is 1. The van der Waals surface area contributed by atoms with Crippen molar-refractivity contribution in [2.75, 3.05) is 10.6 Å². The first kappa shape index (κ1) is 19.2. The lowest BCUT2D eigenvalue weighted by atomic mass is 10.1. The molecule has 0 radical (unpaired) electrons. The van der Waals surface area contributed by atoms with Crippen molar-refractivity contribution < 1.29 is 18.0 Å². The summed E-state index contributed by atoms with van der Waals surface area (Å²) in [5.74, 6) is -0.998. The minimum atomic E-state index is -3.39. The van der Waals surface area contributed by atoms with Gasteiger partial charge >= 0.3 is 0 Å². The molecule has 0 aromatic heterocycles. The molecule has 2 aromatic carbocycles. The summed E-state index contributed by atoms with van der Waals surface area (Å²) in [5, 5.41) is 0.414. The Kier molecular flexibility index (Phi) is 5.12. The average Bonchev–Trinajstić information content (AvgIpc) is 2.94. The van der Waals surface area contributed by atoms with E-state index in [1.165, 1.54) is 16.4 Å². The highest BCUT2D eigenvalue weighted by Crippen LogP contribution is 2.34. The Labute approximate surface area is 162 Å². The van der Waals surface area contributed by atoms with Gasteiger partial charge in [-0.05, 0) is 55.3 Å². The fourth-order valence-corrected chi connectivity index (χ4v) is 4.59. The van der Waals surface area contributed by atoms with E-state index in [4.69, 9.17) is 11.6 Å². The molecule has 9 heteroatoms. The number of nitrogens with zero attached hydrogens (tertiary/aromatic N) is 1. The molecule has 2 aromatic rings. The van der Waals surface area contributed by atoms with Crippen LogP contribution in [0.5, 0.6) is 0 Å². The SMILES string of the molecule is C[C@@H]1Cc2cc(C(=O)NNC(=O)c3cccc(Cl)c3)ccc2N1S(C)(=O)=O. The maximum atomic E-state index is 12.3. The average molecular weight is 408 g/mol. The second kappa shape index (κ2) is 7.21. The van der Waals surface area contributed by atoms with Crippen molar-refractivity contribution in [3.63, 3.8) is 0 Å². The number of hydrogen-bond donors (Lipinski definition) is 2. The fraction of sp³-hybridized carbons (Fsp3) is 0.222. The predicted octanol–water partition coefficient (Wildman–Crippen LogP) is 2.13. The van der Waals surface area contributed by atoms with E-state index < -0.39 is 21.8 Å². The van der Waals surface area contributed by atoms with E-state index in [0.717, 1.165) is 11.8 Å². The summed E-state index contributed by atoms with van der Waals surface area (Å²) < 4.78 is 25.3. The predicted molar refractivity (Wildman–Crippen MR) is 103 cm³/mol.